The molecule has 0 N–H and O–H groups in total. The summed E-state index contributed by atoms with van der Waals surface area (Å²) in [7, 11) is 0. The van der Waals surface area contributed by atoms with Gasteiger partial charge in [0.1, 0.15) is 0 Å². The summed E-state index contributed by atoms with van der Waals surface area (Å²) in [5.41, 5.74) is 1.48. The molecular formula is C9H8BrI. The predicted molar refractivity (Wildman–Crippen MR) is 59.2 cm³/mol. The summed E-state index contributed by atoms with van der Waals surface area (Å²) in [5.74, 6) is 0.784. The smallest absolute Gasteiger partial charge is 0.0221 e. The van der Waals surface area contributed by atoms with Crippen molar-refractivity contribution in [1.29, 1.82) is 0 Å². The van der Waals surface area contributed by atoms with Crippen LogP contribution in [0.1, 0.15) is 17.9 Å². The Morgan fingerprint density at radius 2 is 1.82 bits per heavy atom. The van der Waals surface area contributed by atoms with E-state index in [9.17, 15) is 0 Å². The van der Waals surface area contributed by atoms with Gasteiger partial charge in [-0.2, -0.15) is 0 Å². The number of rotatable bonds is 1. The van der Waals surface area contributed by atoms with Crippen molar-refractivity contribution < 1.29 is 0 Å². The average molecular weight is 323 g/mol. The summed E-state index contributed by atoms with van der Waals surface area (Å²) in [6, 6.07) is 8.81. The highest BCUT2D eigenvalue weighted by Gasteiger charge is 2.35. The number of halogens is 2. The molecule has 1 saturated carbocycles. The van der Waals surface area contributed by atoms with Crippen molar-refractivity contribution in [2.75, 3.05) is 0 Å². The van der Waals surface area contributed by atoms with Gasteiger partial charge in [0.2, 0.25) is 0 Å². The van der Waals surface area contributed by atoms with Crippen molar-refractivity contribution in [3.8, 4) is 0 Å². The Labute approximate surface area is 88.6 Å². The molecule has 0 unspecified atom stereocenters. The van der Waals surface area contributed by atoms with E-state index >= 15 is 0 Å². The molecule has 0 bridgehead atoms. The number of hydrogen-bond donors (Lipinski definition) is 0. The first-order chi connectivity index (χ1) is 5.27. The summed E-state index contributed by atoms with van der Waals surface area (Å²) < 4.78 is 1.32. The van der Waals surface area contributed by atoms with Gasteiger partial charge in [0.25, 0.3) is 0 Å². The van der Waals surface area contributed by atoms with Crippen LogP contribution in [0.3, 0.4) is 0 Å². The third-order valence-corrected chi connectivity index (χ3v) is 3.74. The van der Waals surface area contributed by atoms with Gasteiger partial charge in [0.05, 0.1) is 0 Å². The quantitative estimate of drug-likeness (QED) is 0.548. The lowest BCUT2D eigenvalue weighted by Gasteiger charge is -1.96. The first-order valence-corrected chi connectivity index (χ1v) is 5.66. The van der Waals surface area contributed by atoms with Crippen LogP contribution in [-0.4, -0.2) is 4.83 Å². The van der Waals surface area contributed by atoms with Crippen LogP contribution in [0, 0.1) is 3.57 Å². The van der Waals surface area contributed by atoms with E-state index in [0.717, 1.165) is 10.7 Å². The number of benzene rings is 1. The van der Waals surface area contributed by atoms with Crippen LogP contribution in [0.5, 0.6) is 0 Å². The predicted octanol–water partition coefficient (Wildman–Crippen LogP) is 3.54. The van der Waals surface area contributed by atoms with E-state index in [1.54, 1.807) is 0 Å². The Hall–Kier alpha value is 0.430. The first kappa shape index (κ1) is 8.05. The maximum absolute atomic E-state index is 3.60. The van der Waals surface area contributed by atoms with Gasteiger partial charge in [-0.25, -0.2) is 0 Å². The van der Waals surface area contributed by atoms with Gasteiger partial charge in [-0.15, -0.1) is 0 Å². The highest BCUT2D eigenvalue weighted by Crippen LogP contribution is 2.46. The molecule has 1 aliphatic rings. The van der Waals surface area contributed by atoms with E-state index in [4.69, 9.17) is 0 Å². The standard InChI is InChI=1S/C9H8BrI/c10-9-5-8(9)6-1-3-7(11)4-2-6/h1-4,8-9H,5H2/t8-,9+/m0/s1. The molecule has 2 heteroatoms. The molecule has 0 heterocycles. The summed E-state index contributed by atoms with van der Waals surface area (Å²) >= 11 is 5.94. The largest absolute Gasteiger partial charge is 0.0884 e. The van der Waals surface area contributed by atoms with Crippen molar-refractivity contribution >= 4 is 38.5 Å². The Morgan fingerprint density at radius 3 is 2.27 bits per heavy atom. The molecule has 1 aromatic carbocycles. The van der Waals surface area contributed by atoms with Gasteiger partial charge in [0, 0.05) is 8.40 Å². The van der Waals surface area contributed by atoms with Gasteiger partial charge in [-0.05, 0) is 52.6 Å². The molecule has 1 aliphatic carbocycles. The van der Waals surface area contributed by atoms with E-state index in [-0.39, 0.29) is 0 Å². The summed E-state index contributed by atoms with van der Waals surface area (Å²) in [4.78, 5) is 0.738. The number of alkyl halides is 1. The molecule has 0 aliphatic heterocycles. The Bertz CT molecular complexity index is 255. The second-order valence-electron chi connectivity index (χ2n) is 2.91. The highest BCUT2D eigenvalue weighted by atomic mass is 127. The van der Waals surface area contributed by atoms with Crippen molar-refractivity contribution in [1.82, 2.24) is 0 Å². The topological polar surface area (TPSA) is 0 Å². The summed E-state index contributed by atoms with van der Waals surface area (Å²) in [6.07, 6.45) is 1.31. The van der Waals surface area contributed by atoms with Crippen LogP contribution in [0.4, 0.5) is 0 Å². The van der Waals surface area contributed by atoms with Gasteiger partial charge >= 0.3 is 0 Å². The van der Waals surface area contributed by atoms with Crippen LogP contribution in [0.25, 0.3) is 0 Å². The van der Waals surface area contributed by atoms with Gasteiger partial charge in [0.15, 0.2) is 0 Å². The molecule has 0 saturated heterocycles. The third-order valence-electron chi connectivity index (χ3n) is 2.01. The Kier molecular flexibility index (Phi) is 2.23. The lowest BCUT2D eigenvalue weighted by Crippen LogP contribution is -1.80. The SMILES string of the molecule is Br[C@@H]1C[C@H]1c1ccc(I)cc1. The molecule has 2 rings (SSSR count). The van der Waals surface area contributed by atoms with Crippen molar-refractivity contribution in [2.24, 2.45) is 0 Å². The molecule has 1 aromatic rings. The zero-order valence-corrected chi connectivity index (χ0v) is 9.67. The minimum absolute atomic E-state index is 0.738. The second kappa shape index (κ2) is 3.05. The number of hydrogen-bond acceptors (Lipinski definition) is 0. The van der Waals surface area contributed by atoms with E-state index < -0.39 is 0 Å². The van der Waals surface area contributed by atoms with Crippen LogP contribution in [0.2, 0.25) is 0 Å². The maximum atomic E-state index is 3.60. The first-order valence-electron chi connectivity index (χ1n) is 3.67. The lowest BCUT2D eigenvalue weighted by molar-refractivity contribution is 1.14. The van der Waals surface area contributed by atoms with Crippen molar-refractivity contribution in [2.45, 2.75) is 17.2 Å². The van der Waals surface area contributed by atoms with Crippen molar-refractivity contribution in [3.05, 3.63) is 33.4 Å². The van der Waals surface area contributed by atoms with Gasteiger partial charge < -0.3 is 0 Å². The fourth-order valence-corrected chi connectivity index (χ4v) is 2.29. The average Bonchev–Trinajstić information content (AvgIpc) is 2.69. The van der Waals surface area contributed by atoms with E-state index in [2.05, 4.69) is 62.8 Å². The van der Waals surface area contributed by atoms with Gasteiger partial charge in [-0.3, -0.25) is 0 Å². The molecule has 2 atom stereocenters. The molecule has 11 heavy (non-hydrogen) atoms. The maximum Gasteiger partial charge on any atom is 0.0221 e. The summed E-state index contributed by atoms with van der Waals surface area (Å²) in [6.45, 7) is 0. The van der Waals surface area contributed by atoms with E-state index in [0.29, 0.717) is 0 Å². The normalized spacial score (nSPS) is 28.5. The van der Waals surface area contributed by atoms with E-state index in [1.165, 1.54) is 15.6 Å². The van der Waals surface area contributed by atoms with Crippen LogP contribution in [-0.2, 0) is 0 Å². The fourth-order valence-electron chi connectivity index (χ4n) is 1.22. The third kappa shape index (κ3) is 1.78. The zero-order chi connectivity index (χ0) is 7.84. The van der Waals surface area contributed by atoms with E-state index in [1.807, 2.05) is 0 Å². The minimum Gasteiger partial charge on any atom is -0.0884 e. The molecule has 0 aromatic heterocycles. The monoisotopic (exact) mass is 322 g/mol. The van der Waals surface area contributed by atoms with Crippen molar-refractivity contribution in [3.63, 3.8) is 0 Å². The second-order valence-corrected chi connectivity index (χ2v) is 5.33. The minimum atomic E-state index is 0.738. The molecule has 0 spiro atoms. The molecule has 0 amide bonds. The molecule has 0 nitrogen and oxygen atoms in total. The molecular weight excluding hydrogens is 315 g/mol. The lowest BCUT2D eigenvalue weighted by atomic mass is 10.1. The molecule has 58 valence electrons. The highest BCUT2D eigenvalue weighted by molar-refractivity contribution is 14.1. The van der Waals surface area contributed by atoms with Gasteiger partial charge in [-0.1, -0.05) is 28.1 Å². The fraction of sp³-hybridized carbons (Fsp3) is 0.333. The molecule has 1 fully saturated rings. The van der Waals surface area contributed by atoms with Crippen LogP contribution < -0.4 is 0 Å². The Balaban J connectivity index is 2.21. The van der Waals surface area contributed by atoms with Crippen LogP contribution in [0.15, 0.2) is 24.3 Å². The van der Waals surface area contributed by atoms with Crippen LogP contribution >= 0.6 is 38.5 Å². The Morgan fingerprint density at radius 1 is 1.27 bits per heavy atom. The summed E-state index contributed by atoms with van der Waals surface area (Å²) in [5, 5.41) is 0. The zero-order valence-electron chi connectivity index (χ0n) is 5.93. The molecule has 0 radical (unpaired) electrons.